The smallest absolute Gasteiger partial charge is 0.188 e. The normalized spacial score (nSPS) is 18.6. The van der Waals surface area contributed by atoms with Gasteiger partial charge in [-0.15, -0.1) is 0 Å². The molecular formula is C21H21FN4O2S. The van der Waals surface area contributed by atoms with E-state index in [9.17, 15) is 8.94 Å². The van der Waals surface area contributed by atoms with Gasteiger partial charge in [-0.1, -0.05) is 0 Å². The largest absolute Gasteiger partial charge is 0.593 e. The van der Waals surface area contributed by atoms with Crippen molar-refractivity contribution in [2.45, 2.75) is 13.0 Å². The average Bonchev–Trinajstić information content (AvgIpc) is 3.33. The summed E-state index contributed by atoms with van der Waals surface area (Å²) in [5.41, 5.74) is 3.71. The molecule has 2 atom stereocenters. The van der Waals surface area contributed by atoms with Crippen LogP contribution in [0.4, 0.5) is 10.1 Å². The molecule has 0 amide bonds. The number of aromatic nitrogens is 3. The molecular weight excluding hydrogens is 391 g/mol. The van der Waals surface area contributed by atoms with Crippen molar-refractivity contribution >= 4 is 39.0 Å². The number of halogens is 1. The third kappa shape index (κ3) is 3.08. The molecule has 4 aromatic rings. The molecule has 0 spiro atoms. The number of fused-ring (bicyclic) bond motifs is 2. The molecule has 29 heavy (non-hydrogen) atoms. The van der Waals surface area contributed by atoms with Gasteiger partial charge in [-0.2, -0.15) is 3.97 Å². The topological polar surface area (TPSA) is 69.1 Å². The second-order valence-electron chi connectivity index (χ2n) is 7.34. The first-order valence-electron chi connectivity index (χ1n) is 9.50. The van der Waals surface area contributed by atoms with Crippen molar-refractivity contribution in [3.8, 4) is 11.3 Å². The van der Waals surface area contributed by atoms with Crippen LogP contribution in [0.15, 0.2) is 42.7 Å². The van der Waals surface area contributed by atoms with Crippen molar-refractivity contribution in [3.63, 3.8) is 0 Å². The Morgan fingerprint density at radius 2 is 2.14 bits per heavy atom. The predicted molar refractivity (Wildman–Crippen MR) is 114 cm³/mol. The van der Waals surface area contributed by atoms with Gasteiger partial charge >= 0.3 is 0 Å². The average molecular weight is 412 g/mol. The maximum Gasteiger partial charge on any atom is 0.188 e. The third-order valence-electron chi connectivity index (χ3n) is 5.47. The molecule has 1 saturated heterocycles. The van der Waals surface area contributed by atoms with Gasteiger partial charge in [0.25, 0.3) is 0 Å². The van der Waals surface area contributed by atoms with Crippen LogP contribution in [0.5, 0.6) is 0 Å². The zero-order valence-electron chi connectivity index (χ0n) is 16.2. The second kappa shape index (κ2) is 7.05. The molecule has 0 radical (unpaired) electrons. The van der Waals surface area contributed by atoms with E-state index in [4.69, 9.17) is 9.72 Å². The summed E-state index contributed by atoms with van der Waals surface area (Å²) in [7, 11) is 0. The van der Waals surface area contributed by atoms with Crippen LogP contribution in [0.3, 0.4) is 0 Å². The summed E-state index contributed by atoms with van der Waals surface area (Å²) >= 11 is -1.25. The van der Waals surface area contributed by atoms with E-state index in [2.05, 4.69) is 16.8 Å². The number of hydrogen-bond acceptors (Lipinski definition) is 4. The van der Waals surface area contributed by atoms with E-state index in [1.807, 2.05) is 18.2 Å². The highest BCUT2D eigenvalue weighted by atomic mass is 32.2. The summed E-state index contributed by atoms with van der Waals surface area (Å²) in [6, 6.07) is 9.05. The van der Waals surface area contributed by atoms with Gasteiger partial charge in [0, 0.05) is 40.6 Å². The van der Waals surface area contributed by atoms with Crippen molar-refractivity contribution in [1.29, 1.82) is 0 Å². The zero-order valence-corrected chi connectivity index (χ0v) is 17.0. The van der Waals surface area contributed by atoms with E-state index < -0.39 is 11.4 Å². The van der Waals surface area contributed by atoms with Crippen LogP contribution in [0, 0.1) is 5.82 Å². The van der Waals surface area contributed by atoms with Crippen molar-refractivity contribution in [3.05, 3.63) is 48.5 Å². The zero-order chi connectivity index (χ0) is 20.1. The minimum absolute atomic E-state index is 0.192. The van der Waals surface area contributed by atoms with Crippen LogP contribution in [0.1, 0.15) is 6.92 Å². The third-order valence-corrected chi connectivity index (χ3v) is 6.31. The molecule has 1 aliphatic rings. The van der Waals surface area contributed by atoms with Gasteiger partial charge in [0.05, 0.1) is 42.2 Å². The number of pyridine rings is 1. The first-order valence-corrected chi connectivity index (χ1v) is 11.0. The number of morpholine rings is 1. The molecule has 0 aliphatic carbocycles. The standard InChI is InChI=1S/C21H21FN4O2S/c1-13-12-28-8-7-25(13)20-11-19(24-21-16(20)4-6-26(21)29(2)27)17-9-14(22)10-18-15(17)3-5-23-18/h3-6,9-11,13,23H,7-8,12H2,1-2H3. The van der Waals surface area contributed by atoms with Crippen LogP contribution < -0.4 is 4.90 Å². The van der Waals surface area contributed by atoms with Crippen molar-refractivity contribution < 1.29 is 13.7 Å². The van der Waals surface area contributed by atoms with E-state index in [0.717, 1.165) is 28.5 Å². The van der Waals surface area contributed by atoms with Gasteiger partial charge in [-0.25, -0.2) is 9.37 Å². The highest BCUT2D eigenvalue weighted by Gasteiger charge is 2.25. The minimum Gasteiger partial charge on any atom is -0.593 e. The lowest BCUT2D eigenvalue weighted by Crippen LogP contribution is -2.43. The Bertz CT molecular complexity index is 1200. The first-order chi connectivity index (χ1) is 14.0. The fourth-order valence-corrected chi connectivity index (χ4v) is 4.70. The number of H-pyrrole nitrogens is 1. The molecule has 1 aliphatic heterocycles. The number of nitrogens with one attached hydrogen (secondary N) is 1. The SMILES string of the molecule is CC1COCCN1c1cc(-c2cc(F)cc3[nH]ccc23)nc2c1ccn2[S+](C)[O-]. The maximum atomic E-state index is 14.3. The van der Waals surface area contributed by atoms with E-state index in [1.165, 1.54) is 12.1 Å². The Morgan fingerprint density at radius 3 is 2.93 bits per heavy atom. The molecule has 6 nitrogen and oxygen atoms in total. The molecule has 2 unspecified atom stereocenters. The molecule has 1 N–H and O–H groups in total. The van der Waals surface area contributed by atoms with Crippen molar-refractivity contribution in [2.24, 2.45) is 0 Å². The summed E-state index contributed by atoms with van der Waals surface area (Å²) in [6.07, 6.45) is 5.21. The Labute approximate surface area is 170 Å². The van der Waals surface area contributed by atoms with E-state index in [1.54, 1.807) is 22.6 Å². The van der Waals surface area contributed by atoms with Gasteiger partial charge in [0.15, 0.2) is 5.65 Å². The number of rotatable bonds is 3. The van der Waals surface area contributed by atoms with Gasteiger partial charge in [0.1, 0.15) is 12.1 Å². The van der Waals surface area contributed by atoms with Gasteiger partial charge in [-0.05, 0) is 37.3 Å². The first kappa shape index (κ1) is 18.5. The minimum atomic E-state index is -1.25. The molecule has 1 fully saturated rings. The van der Waals surface area contributed by atoms with Crippen LogP contribution in [-0.4, -0.2) is 50.5 Å². The van der Waals surface area contributed by atoms with Crippen molar-refractivity contribution in [2.75, 3.05) is 30.9 Å². The molecule has 0 saturated carbocycles. The number of aromatic amines is 1. The number of nitrogens with zero attached hydrogens (tertiary/aromatic N) is 3. The summed E-state index contributed by atoms with van der Waals surface area (Å²) in [5, 5.41) is 1.83. The number of ether oxygens (including phenoxy) is 1. The van der Waals surface area contributed by atoms with E-state index in [-0.39, 0.29) is 11.9 Å². The number of benzene rings is 1. The fourth-order valence-electron chi connectivity index (χ4n) is 4.08. The molecule has 4 heterocycles. The Morgan fingerprint density at radius 1 is 1.28 bits per heavy atom. The summed E-state index contributed by atoms with van der Waals surface area (Å²) in [5.74, 6) is -0.326. The molecule has 150 valence electrons. The van der Waals surface area contributed by atoms with E-state index >= 15 is 0 Å². The summed E-state index contributed by atoms with van der Waals surface area (Å²) in [4.78, 5) is 10.2. The van der Waals surface area contributed by atoms with Gasteiger partial charge in [-0.3, -0.25) is 0 Å². The van der Waals surface area contributed by atoms with Crippen LogP contribution >= 0.6 is 0 Å². The molecule has 3 aromatic heterocycles. The van der Waals surface area contributed by atoms with Gasteiger partial charge < -0.3 is 19.2 Å². The molecule has 8 heteroatoms. The van der Waals surface area contributed by atoms with Crippen LogP contribution in [0.25, 0.3) is 33.2 Å². The lowest BCUT2D eigenvalue weighted by Gasteiger charge is -2.35. The highest BCUT2D eigenvalue weighted by Crippen LogP contribution is 2.36. The molecule has 1 aromatic carbocycles. The molecule has 0 bridgehead atoms. The highest BCUT2D eigenvalue weighted by molar-refractivity contribution is 7.89. The van der Waals surface area contributed by atoms with Crippen LogP contribution in [-0.2, 0) is 16.1 Å². The van der Waals surface area contributed by atoms with Crippen molar-refractivity contribution in [1.82, 2.24) is 13.9 Å². The Balaban J connectivity index is 1.79. The Hall–Kier alpha value is -2.55. The second-order valence-corrected chi connectivity index (χ2v) is 8.58. The fraction of sp³-hybridized carbons (Fsp3) is 0.286. The lowest BCUT2D eigenvalue weighted by atomic mass is 10.0. The number of anilines is 1. The monoisotopic (exact) mass is 412 g/mol. The maximum absolute atomic E-state index is 14.3. The molecule has 5 rings (SSSR count). The Kier molecular flexibility index (Phi) is 4.49. The predicted octanol–water partition coefficient (Wildman–Crippen LogP) is 3.69. The summed E-state index contributed by atoms with van der Waals surface area (Å²) in [6.45, 7) is 4.16. The van der Waals surface area contributed by atoms with E-state index in [0.29, 0.717) is 30.1 Å². The van der Waals surface area contributed by atoms with Crippen LogP contribution in [0.2, 0.25) is 0 Å². The number of hydrogen-bond donors (Lipinski definition) is 1. The van der Waals surface area contributed by atoms with Gasteiger partial charge in [0.2, 0.25) is 0 Å². The quantitative estimate of drug-likeness (QED) is 0.521. The summed E-state index contributed by atoms with van der Waals surface area (Å²) < 4.78 is 33.8. The lowest BCUT2D eigenvalue weighted by molar-refractivity contribution is 0.0991.